The number of hydrogen-bond acceptors (Lipinski definition) is 2. The summed E-state index contributed by atoms with van der Waals surface area (Å²) in [5.41, 5.74) is 3.63. The topological polar surface area (TPSA) is 29.1 Å². The van der Waals surface area contributed by atoms with Gasteiger partial charge in [-0.1, -0.05) is 18.2 Å². The summed E-state index contributed by atoms with van der Waals surface area (Å²) in [5.74, 6) is 0.321. The highest BCUT2D eigenvalue weighted by Crippen LogP contribution is 2.34. The van der Waals surface area contributed by atoms with Gasteiger partial charge in [-0.2, -0.15) is 0 Å². The highest BCUT2D eigenvalue weighted by atomic mass is 16.1. The summed E-state index contributed by atoms with van der Waals surface area (Å²) in [6, 6.07) is 6.58. The summed E-state index contributed by atoms with van der Waals surface area (Å²) in [4.78, 5) is 11.7. The summed E-state index contributed by atoms with van der Waals surface area (Å²) < 4.78 is 0. The second kappa shape index (κ2) is 2.92. The largest absolute Gasteiger partial charge is 0.310 e. The van der Waals surface area contributed by atoms with Gasteiger partial charge in [-0.15, -0.1) is 0 Å². The quantitative estimate of drug-likeness (QED) is 0.671. The van der Waals surface area contributed by atoms with Crippen molar-refractivity contribution >= 4 is 5.78 Å². The lowest BCUT2D eigenvalue weighted by Crippen LogP contribution is -2.34. The van der Waals surface area contributed by atoms with E-state index in [2.05, 4.69) is 11.4 Å². The van der Waals surface area contributed by atoms with E-state index >= 15 is 0 Å². The van der Waals surface area contributed by atoms with Crippen LogP contribution in [-0.4, -0.2) is 12.3 Å². The first-order chi connectivity index (χ1) is 6.86. The molecule has 0 amide bonds. The Morgan fingerprint density at radius 1 is 1.29 bits per heavy atom. The second-order valence-electron chi connectivity index (χ2n) is 4.10. The van der Waals surface area contributed by atoms with Crippen LogP contribution in [-0.2, 0) is 6.42 Å². The molecule has 72 valence electrons. The van der Waals surface area contributed by atoms with E-state index in [9.17, 15) is 4.79 Å². The molecule has 1 aromatic carbocycles. The van der Waals surface area contributed by atoms with Gasteiger partial charge in [0.1, 0.15) is 0 Å². The monoisotopic (exact) mass is 187 g/mol. The van der Waals surface area contributed by atoms with Crippen molar-refractivity contribution in [3.63, 3.8) is 0 Å². The normalized spacial score (nSPS) is 24.6. The average Bonchev–Trinajstić information content (AvgIpc) is 2.24. The van der Waals surface area contributed by atoms with Crippen molar-refractivity contribution in [3.05, 3.63) is 34.9 Å². The fraction of sp³-hybridized carbons (Fsp3) is 0.417. The SMILES string of the molecule is O=C1CC[C@H]2NCCc3cccc1c32. The minimum atomic E-state index is 0.321. The van der Waals surface area contributed by atoms with Crippen LogP contribution < -0.4 is 5.32 Å². The van der Waals surface area contributed by atoms with Crippen LogP contribution in [0.5, 0.6) is 0 Å². The van der Waals surface area contributed by atoms with E-state index in [4.69, 9.17) is 0 Å². The molecule has 0 fully saturated rings. The number of carbonyl (C=O) groups is 1. The number of rotatable bonds is 0. The maximum absolute atomic E-state index is 11.7. The van der Waals surface area contributed by atoms with E-state index in [-0.39, 0.29) is 0 Å². The van der Waals surface area contributed by atoms with Crippen molar-refractivity contribution in [1.82, 2.24) is 5.32 Å². The molecule has 0 radical (unpaired) electrons. The molecule has 0 saturated carbocycles. The maximum atomic E-state index is 11.7. The Morgan fingerprint density at radius 3 is 3.14 bits per heavy atom. The Bertz CT molecular complexity index is 397. The van der Waals surface area contributed by atoms with Crippen LogP contribution in [0.2, 0.25) is 0 Å². The molecule has 0 bridgehead atoms. The fourth-order valence-electron chi connectivity index (χ4n) is 2.63. The van der Waals surface area contributed by atoms with Gasteiger partial charge < -0.3 is 5.32 Å². The third-order valence-electron chi connectivity index (χ3n) is 3.29. The zero-order chi connectivity index (χ0) is 9.54. The van der Waals surface area contributed by atoms with Gasteiger partial charge in [0.25, 0.3) is 0 Å². The highest BCUT2D eigenvalue weighted by Gasteiger charge is 2.29. The van der Waals surface area contributed by atoms with Gasteiger partial charge in [0.05, 0.1) is 0 Å². The van der Waals surface area contributed by atoms with Crippen LogP contribution in [0.4, 0.5) is 0 Å². The van der Waals surface area contributed by atoms with Crippen molar-refractivity contribution in [2.45, 2.75) is 25.3 Å². The molecular formula is C12H13NO. The van der Waals surface area contributed by atoms with Crippen LogP contribution >= 0.6 is 0 Å². The minimum Gasteiger partial charge on any atom is -0.310 e. The van der Waals surface area contributed by atoms with Crippen molar-refractivity contribution in [2.75, 3.05) is 6.54 Å². The Kier molecular flexibility index (Phi) is 1.71. The third kappa shape index (κ3) is 1.04. The molecule has 1 aliphatic heterocycles. The van der Waals surface area contributed by atoms with Gasteiger partial charge in [-0.25, -0.2) is 0 Å². The van der Waals surface area contributed by atoms with Gasteiger partial charge in [0.2, 0.25) is 0 Å². The average molecular weight is 187 g/mol. The summed E-state index contributed by atoms with van der Waals surface area (Å²) in [6.07, 6.45) is 2.74. The van der Waals surface area contributed by atoms with Crippen LogP contribution in [0.25, 0.3) is 0 Å². The Balaban J connectivity index is 2.24. The molecule has 1 atom stereocenters. The molecule has 0 spiro atoms. The Hall–Kier alpha value is -1.15. The first-order valence-electron chi connectivity index (χ1n) is 5.24. The van der Waals surface area contributed by atoms with Crippen molar-refractivity contribution in [3.8, 4) is 0 Å². The number of benzene rings is 1. The predicted octanol–water partition coefficient (Wildman–Crippen LogP) is 1.85. The van der Waals surface area contributed by atoms with Crippen LogP contribution in [0.1, 0.15) is 40.4 Å². The summed E-state index contributed by atoms with van der Waals surface area (Å²) >= 11 is 0. The minimum absolute atomic E-state index is 0.321. The summed E-state index contributed by atoms with van der Waals surface area (Å²) in [6.45, 7) is 1.05. The Labute approximate surface area is 83.3 Å². The van der Waals surface area contributed by atoms with Gasteiger partial charge in [0.15, 0.2) is 5.78 Å². The van der Waals surface area contributed by atoms with Crippen LogP contribution in [0.15, 0.2) is 18.2 Å². The molecule has 14 heavy (non-hydrogen) atoms. The third-order valence-corrected chi connectivity index (χ3v) is 3.29. The lowest BCUT2D eigenvalue weighted by atomic mass is 9.81. The molecule has 2 aliphatic rings. The zero-order valence-electron chi connectivity index (χ0n) is 8.05. The van der Waals surface area contributed by atoms with E-state index in [0.717, 1.165) is 24.9 Å². The maximum Gasteiger partial charge on any atom is 0.163 e. The number of ketones is 1. The molecule has 0 aromatic heterocycles. The summed E-state index contributed by atoms with van der Waals surface area (Å²) in [5, 5.41) is 3.49. The van der Waals surface area contributed by atoms with Crippen LogP contribution in [0.3, 0.4) is 0 Å². The van der Waals surface area contributed by atoms with Crippen molar-refractivity contribution in [2.24, 2.45) is 0 Å². The first kappa shape index (κ1) is 8.18. The molecule has 1 N–H and O–H groups in total. The number of nitrogens with one attached hydrogen (secondary N) is 1. The standard InChI is InChI=1S/C12H13NO/c14-11-5-4-10-12-8(6-7-13-10)2-1-3-9(11)12/h1-3,10,13H,4-7H2/t10-/m1/s1. The molecule has 2 heteroatoms. The molecule has 3 rings (SSSR count). The number of Topliss-reactive ketones (excluding diaryl/α,β-unsaturated/α-hetero) is 1. The second-order valence-corrected chi connectivity index (χ2v) is 4.10. The van der Waals surface area contributed by atoms with Gasteiger partial charge in [0, 0.05) is 18.0 Å². The Morgan fingerprint density at radius 2 is 2.21 bits per heavy atom. The molecule has 1 aromatic rings. The molecular weight excluding hydrogens is 174 g/mol. The number of hydrogen-bond donors (Lipinski definition) is 1. The van der Waals surface area contributed by atoms with E-state index in [1.54, 1.807) is 0 Å². The fourth-order valence-corrected chi connectivity index (χ4v) is 2.63. The number of carbonyl (C=O) groups excluding carboxylic acids is 1. The smallest absolute Gasteiger partial charge is 0.163 e. The molecule has 0 saturated heterocycles. The molecule has 2 nitrogen and oxygen atoms in total. The van der Waals surface area contributed by atoms with Gasteiger partial charge in [-0.05, 0) is 30.5 Å². The lowest BCUT2D eigenvalue weighted by molar-refractivity contribution is 0.0962. The lowest BCUT2D eigenvalue weighted by Gasteiger charge is -2.32. The van der Waals surface area contributed by atoms with Crippen molar-refractivity contribution < 1.29 is 4.79 Å². The zero-order valence-corrected chi connectivity index (χ0v) is 8.05. The van der Waals surface area contributed by atoms with Gasteiger partial charge >= 0.3 is 0 Å². The highest BCUT2D eigenvalue weighted by molar-refractivity contribution is 5.99. The van der Waals surface area contributed by atoms with Gasteiger partial charge in [-0.3, -0.25) is 4.79 Å². The van der Waals surface area contributed by atoms with E-state index < -0.39 is 0 Å². The van der Waals surface area contributed by atoms with Crippen molar-refractivity contribution in [1.29, 1.82) is 0 Å². The van der Waals surface area contributed by atoms with E-state index in [1.807, 2.05) is 12.1 Å². The first-order valence-corrected chi connectivity index (χ1v) is 5.24. The molecule has 0 unspecified atom stereocenters. The van der Waals surface area contributed by atoms with E-state index in [0.29, 0.717) is 18.2 Å². The van der Waals surface area contributed by atoms with E-state index in [1.165, 1.54) is 11.1 Å². The molecule has 1 heterocycles. The summed E-state index contributed by atoms with van der Waals surface area (Å²) in [7, 11) is 0. The molecule has 1 aliphatic carbocycles. The van der Waals surface area contributed by atoms with Crippen LogP contribution in [0, 0.1) is 0 Å². The predicted molar refractivity (Wildman–Crippen MR) is 54.5 cm³/mol.